The van der Waals surface area contributed by atoms with Crippen LogP contribution in [0.3, 0.4) is 0 Å². The molecule has 0 fully saturated rings. The first-order valence-corrected chi connectivity index (χ1v) is 6.65. The maximum absolute atomic E-state index is 12.3. The second-order valence-electron chi connectivity index (χ2n) is 4.84. The minimum atomic E-state index is -0.176. The molecule has 1 N–H and O–H groups in total. The van der Waals surface area contributed by atoms with Crippen LogP contribution < -0.4 is 14.8 Å². The zero-order valence-corrected chi connectivity index (χ0v) is 12.7. The van der Waals surface area contributed by atoms with Crippen LogP contribution >= 0.6 is 0 Å². The Kier molecular flexibility index (Phi) is 4.48. The molecule has 110 valence electrons. The molecule has 4 heteroatoms. The topological polar surface area (TPSA) is 47.6 Å². The number of anilines is 1. The lowest BCUT2D eigenvalue weighted by Crippen LogP contribution is -2.13. The zero-order valence-electron chi connectivity index (χ0n) is 12.7. The third kappa shape index (κ3) is 3.34. The highest BCUT2D eigenvalue weighted by Gasteiger charge is 2.11. The van der Waals surface area contributed by atoms with Gasteiger partial charge in [-0.1, -0.05) is 12.1 Å². The van der Waals surface area contributed by atoms with Gasteiger partial charge in [-0.2, -0.15) is 0 Å². The molecule has 0 aliphatic carbocycles. The number of hydrogen-bond acceptors (Lipinski definition) is 3. The van der Waals surface area contributed by atoms with E-state index in [0.717, 1.165) is 16.8 Å². The fourth-order valence-electron chi connectivity index (χ4n) is 2.04. The molecule has 0 saturated carbocycles. The van der Waals surface area contributed by atoms with Crippen molar-refractivity contribution in [2.75, 3.05) is 19.5 Å². The largest absolute Gasteiger partial charge is 0.493 e. The molecule has 1 amide bonds. The molecule has 0 aromatic heterocycles. The minimum absolute atomic E-state index is 0.176. The molecule has 0 aliphatic rings. The van der Waals surface area contributed by atoms with Crippen LogP contribution in [-0.2, 0) is 0 Å². The zero-order chi connectivity index (χ0) is 15.4. The van der Waals surface area contributed by atoms with Crippen LogP contribution in [0.4, 0.5) is 5.69 Å². The van der Waals surface area contributed by atoms with Crippen LogP contribution in [0.2, 0.25) is 0 Å². The molecule has 0 radical (unpaired) electrons. The lowest BCUT2D eigenvalue weighted by atomic mass is 10.1. The number of hydrogen-bond donors (Lipinski definition) is 1. The number of benzene rings is 2. The third-order valence-electron chi connectivity index (χ3n) is 3.29. The quantitative estimate of drug-likeness (QED) is 0.934. The number of aryl methyl sites for hydroxylation is 2. The first-order chi connectivity index (χ1) is 10.0. The van der Waals surface area contributed by atoms with Crippen molar-refractivity contribution in [3.63, 3.8) is 0 Å². The van der Waals surface area contributed by atoms with Gasteiger partial charge in [0.05, 0.1) is 14.2 Å². The highest BCUT2D eigenvalue weighted by molar-refractivity contribution is 6.05. The summed E-state index contributed by atoms with van der Waals surface area (Å²) in [6, 6.07) is 11.0. The SMILES string of the molecule is COc1ccc(C(=O)Nc2cc(C)ccc2C)cc1OC. The van der Waals surface area contributed by atoms with E-state index in [9.17, 15) is 4.79 Å². The molecule has 2 rings (SSSR count). The Balaban J connectivity index is 2.26. The summed E-state index contributed by atoms with van der Waals surface area (Å²) in [5.41, 5.74) is 3.46. The van der Waals surface area contributed by atoms with E-state index < -0.39 is 0 Å². The van der Waals surface area contributed by atoms with Gasteiger partial charge in [-0.3, -0.25) is 4.79 Å². The van der Waals surface area contributed by atoms with Crippen molar-refractivity contribution in [2.24, 2.45) is 0 Å². The summed E-state index contributed by atoms with van der Waals surface area (Å²) < 4.78 is 10.4. The summed E-state index contributed by atoms with van der Waals surface area (Å²) in [5, 5.41) is 2.92. The predicted octanol–water partition coefficient (Wildman–Crippen LogP) is 3.57. The maximum atomic E-state index is 12.3. The van der Waals surface area contributed by atoms with E-state index in [0.29, 0.717) is 17.1 Å². The Hall–Kier alpha value is -2.49. The van der Waals surface area contributed by atoms with Crippen molar-refractivity contribution < 1.29 is 14.3 Å². The van der Waals surface area contributed by atoms with Gasteiger partial charge < -0.3 is 14.8 Å². The van der Waals surface area contributed by atoms with Crippen molar-refractivity contribution in [1.82, 2.24) is 0 Å². The second-order valence-corrected chi connectivity index (χ2v) is 4.84. The van der Waals surface area contributed by atoms with Crippen molar-refractivity contribution in [2.45, 2.75) is 13.8 Å². The van der Waals surface area contributed by atoms with E-state index in [4.69, 9.17) is 9.47 Å². The molecule has 0 bridgehead atoms. The normalized spacial score (nSPS) is 10.1. The van der Waals surface area contributed by atoms with E-state index in [1.807, 2.05) is 32.0 Å². The Morgan fingerprint density at radius 3 is 2.33 bits per heavy atom. The van der Waals surface area contributed by atoms with E-state index in [2.05, 4.69) is 5.32 Å². The molecule has 0 heterocycles. The Morgan fingerprint density at radius 1 is 0.952 bits per heavy atom. The summed E-state index contributed by atoms with van der Waals surface area (Å²) in [5.74, 6) is 0.955. The van der Waals surface area contributed by atoms with Crippen LogP contribution in [0.1, 0.15) is 21.5 Å². The van der Waals surface area contributed by atoms with Crippen LogP contribution in [0.25, 0.3) is 0 Å². The molecule has 2 aromatic carbocycles. The summed E-state index contributed by atoms with van der Waals surface area (Å²) in [6.07, 6.45) is 0. The first-order valence-electron chi connectivity index (χ1n) is 6.65. The van der Waals surface area contributed by atoms with Crippen molar-refractivity contribution >= 4 is 11.6 Å². The average molecular weight is 285 g/mol. The second kappa shape index (κ2) is 6.31. The van der Waals surface area contributed by atoms with Crippen molar-refractivity contribution in [3.8, 4) is 11.5 Å². The van der Waals surface area contributed by atoms with E-state index in [1.54, 1.807) is 32.4 Å². The predicted molar refractivity (Wildman–Crippen MR) is 83.4 cm³/mol. The first kappa shape index (κ1) is 14.9. The minimum Gasteiger partial charge on any atom is -0.493 e. The Morgan fingerprint density at radius 2 is 1.67 bits per heavy atom. The summed E-state index contributed by atoms with van der Waals surface area (Å²) in [4.78, 5) is 12.3. The van der Waals surface area contributed by atoms with Gasteiger partial charge in [0, 0.05) is 11.3 Å². The number of nitrogens with one attached hydrogen (secondary N) is 1. The highest BCUT2D eigenvalue weighted by atomic mass is 16.5. The summed E-state index contributed by atoms with van der Waals surface area (Å²) >= 11 is 0. The van der Waals surface area contributed by atoms with Crippen molar-refractivity contribution in [1.29, 1.82) is 0 Å². The van der Waals surface area contributed by atoms with Gasteiger partial charge in [0.25, 0.3) is 5.91 Å². The number of amides is 1. The fraction of sp³-hybridized carbons (Fsp3) is 0.235. The standard InChI is InChI=1S/C17H19NO3/c1-11-5-6-12(2)14(9-11)18-17(19)13-7-8-15(20-3)16(10-13)21-4/h5-10H,1-4H3,(H,18,19). The Labute approximate surface area is 124 Å². The molecule has 0 saturated heterocycles. The molecule has 4 nitrogen and oxygen atoms in total. The van der Waals surface area contributed by atoms with Gasteiger partial charge in [0.2, 0.25) is 0 Å². The summed E-state index contributed by atoms with van der Waals surface area (Å²) in [7, 11) is 3.11. The third-order valence-corrected chi connectivity index (χ3v) is 3.29. The lowest BCUT2D eigenvalue weighted by molar-refractivity contribution is 0.102. The summed E-state index contributed by atoms with van der Waals surface area (Å²) in [6.45, 7) is 3.95. The molecule has 2 aromatic rings. The molecular formula is C17H19NO3. The number of methoxy groups -OCH3 is 2. The van der Waals surface area contributed by atoms with Gasteiger partial charge in [-0.25, -0.2) is 0 Å². The fourth-order valence-corrected chi connectivity index (χ4v) is 2.04. The van der Waals surface area contributed by atoms with Crippen LogP contribution in [-0.4, -0.2) is 20.1 Å². The highest BCUT2D eigenvalue weighted by Crippen LogP contribution is 2.28. The van der Waals surface area contributed by atoms with E-state index in [1.165, 1.54) is 0 Å². The number of carbonyl (C=O) groups excluding carboxylic acids is 1. The smallest absolute Gasteiger partial charge is 0.255 e. The monoisotopic (exact) mass is 285 g/mol. The van der Waals surface area contributed by atoms with Gasteiger partial charge in [-0.05, 0) is 49.2 Å². The molecule has 21 heavy (non-hydrogen) atoms. The van der Waals surface area contributed by atoms with E-state index in [-0.39, 0.29) is 5.91 Å². The number of rotatable bonds is 4. The van der Waals surface area contributed by atoms with E-state index >= 15 is 0 Å². The van der Waals surface area contributed by atoms with Crippen molar-refractivity contribution in [3.05, 3.63) is 53.1 Å². The van der Waals surface area contributed by atoms with Gasteiger partial charge >= 0.3 is 0 Å². The average Bonchev–Trinajstić information content (AvgIpc) is 2.50. The van der Waals surface area contributed by atoms with Crippen LogP contribution in [0.15, 0.2) is 36.4 Å². The molecule has 0 aliphatic heterocycles. The molecule has 0 spiro atoms. The van der Waals surface area contributed by atoms with Crippen LogP contribution in [0, 0.1) is 13.8 Å². The molecular weight excluding hydrogens is 266 g/mol. The lowest BCUT2D eigenvalue weighted by Gasteiger charge is -2.11. The van der Waals surface area contributed by atoms with Crippen LogP contribution in [0.5, 0.6) is 11.5 Å². The maximum Gasteiger partial charge on any atom is 0.255 e. The number of carbonyl (C=O) groups is 1. The van der Waals surface area contributed by atoms with Gasteiger partial charge in [-0.15, -0.1) is 0 Å². The van der Waals surface area contributed by atoms with Gasteiger partial charge in [0.1, 0.15) is 0 Å². The van der Waals surface area contributed by atoms with Gasteiger partial charge in [0.15, 0.2) is 11.5 Å². The Bertz CT molecular complexity index is 665. The number of ether oxygens (including phenoxy) is 2. The molecule has 0 atom stereocenters. The molecule has 0 unspecified atom stereocenters.